The Morgan fingerprint density at radius 2 is 1.84 bits per heavy atom. The molecule has 3 heterocycles. The predicted octanol–water partition coefficient (Wildman–Crippen LogP) is 1.78. The standard InChI is InChI=1S/C24H29N5O3/c1-28-15-18(13-21(28)30)24(32)29-11-9-17(10-12-29)20-8-7-19(22(25)27-20)23(31)26-14-16-5-3-2-4-6-16/h2-8,17-18H,9-15H2,1H3,(H2,25,27)(H,26,31)/t18-/m1/s1. The van der Waals surface area contributed by atoms with E-state index in [0.717, 1.165) is 24.1 Å². The molecule has 8 heteroatoms. The van der Waals surface area contributed by atoms with Crippen LogP contribution in [0.3, 0.4) is 0 Å². The summed E-state index contributed by atoms with van der Waals surface area (Å²) in [7, 11) is 1.74. The number of likely N-dealkylation sites (tertiary alicyclic amines) is 2. The molecule has 0 spiro atoms. The molecule has 168 valence electrons. The third-order valence-corrected chi connectivity index (χ3v) is 6.40. The largest absolute Gasteiger partial charge is 0.383 e. The van der Waals surface area contributed by atoms with Gasteiger partial charge in [-0.05, 0) is 30.5 Å². The van der Waals surface area contributed by atoms with E-state index in [9.17, 15) is 14.4 Å². The monoisotopic (exact) mass is 435 g/mol. The zero-order valence-electron chi connectivity index (χ0n) is 18.3. The third kappa shape index (κ3) is 4.74. The van der Waals surface area contributed by atoms with Gasteiger partial charge >= 0.3 is 0 Å². The Bertz CT molecular complexity index is 1000. The summed E-state index contributed by atoms with van der Waals surface area (Å²) in [6.45, 7) is 2.21. The first-order valence-electron chi connectivity index (χ1n) is 11.0. The van der Waals surface area contributed by atoms with Crippen molar-refractivity contribution in [2.75, 3.05) is 32.4 Å². The van der Waals surface area contributed by atoms with Crippen LogP contribution in [0.1, 0.15) is 46.8 Å². The highest BCUT2D eigenvalue weighted by Crippen LogP contribution is 2.29. The molecular formula is C24H29N5O3. The lowest BCUT2D eigenvalue weighted by Crippen LogP contribution is -2.42. The first-order valence-corrected chi connectivity index (χ1v) is 11.0. The van der Waals surface area contributed by atoms with Crippen LogP contribution in [0.5, 0.6) is 0 Å². The SMILES string of the molecule is CN1C[C@H](C(=O)N2CCC(c3ccc(C(=O)NCc4ccccc4)c(N)n3)CC2)CC1=O. The molecule has 2 aromatic rings. The van der Waals surface area contributed by atoms with Crippen LogP contribution in [-0.2, 0) is 16.1 Å². The minimum Gasteiger partial charge on any atom is -0.383 e. The molecule has 0 saturated carbocycles. The number of rotatable bonds is 5. The minimum atomic E-state index is -0.248. The third-order valence-electron chi connectivity index (χ3n) is 6.40. The van der Waals surface area contributed by atoms with Gasteiger partial charge in [0.25, 0.3) is 5.91 Å². The number of aromatic nitrogens is 1. The number of nitrogens with one attached hydrogen (secondary N) is 1. The fourth-order valence-electron chi connectivity index (χ4n) is 4.47. The van der Waals surface area contributed by atoms with Crippen LogP contribution < -0.4 is 11.1 Å². The molecule has 0 aliphatic carbocycles. The highest BCUT2D eigenvalue weighted by atomic mass is 16.2. The zero-order chi connectivity index (χ0) is 22.7. The molecule has 8 nitrogen and oxygen atoms in total. The summed E-state index contributed by atoms with van der Waals surface area (Å²) >= 11 is 0. The Morgan fingerprint density at radius 3 is 2.47 bits per heavy atom. The van der Waals surface area contributed by atoms with Crippen LogP contribution in [0.15, 0.2) is 42.5 Å². The van der Waals surface area contributed by atoms with Gasteiger partial charge in [-0.3, -0.25) is 14.4 Å². The predicted molar refractivity (Wildman–Crippen MR) is 121 cm³/mol. The molecule has 2 aliphatic rings. The van der Waals surface area contributed by atoms with Gasteiger partial charge < -0.3 is 20.9 Å². The summed E-state index contributed by atoms with van der Waals surface area (Å²) in [5.74, 6) is 0.0352. The van der Waals surface area contributed by atoms with E-state index >= 15 is 0 Å². The molecule has 1 aromatic carbocycles. The maximum absolute atomic E-state index is 12.7. The summed E-state index contributed by atoms with van der Waals surface area (Å²) in [6.07, 6.45) is 1.88. The molecule has 0 radical (unpaired) electrons. The Kier molecular flexibility index (Phi) is 6.39. The smallest absolute Gasteiger partial charge is 0.255 e. The van der Waals surface area contributed by atoms with Crippen LogP contribution >= 0.6 is 0 Å². The van der Waals surface area contributed by atoms with Crippen molar-refractivity contribution >= 4 is 23.5 Å². The maximum atomic E-state index is 12.7. The van der Waals surface area contributed by atoms with Crippen molar-refractivity contribution in [3.63, 3.8) is 0 Å². The average molecular weight is 436 g/mol. The first-order chi connectivity index (χ1) is 15.4. The Hall–Kier alpha value is -3.42. The van der Waals surface area contributed by atoms with E-state index in [2.05, 4.69) is 10.3 Å². The Labute approximate surface area is 187 Å². The molecule has 1 atom stereocenters. The summed E-state index contributed by atoms with van der Waals surface area (Å²) in [5, 5.41) is 2.88. The summed E-state index contributed by atoms with van der Waals surface area (Å²) < 4.78 is 0. The number of nitrogen functional groups attached to an aromatic ring is 1. The number of pyridine rings is 1. The van der Waals surface area contributed by atoms with Gasteiger partial charge in [0, 0.05) is 51.3 Å². The maximum Gasteiger partial charge on any atom is 0.255 e. The number of nitrogens with zero attached hydrogens (tertiary/aromatic N) is 3. The van der Waals surface area contributed by atoms with Gasteiger partial charge in [-0.2, -0.15) is 0 Å². The van der Waals surface area contributed by atoms with Crippen LogP contribution in [0.4, 0.5) is 5.82 Å². The molecule has 0 bridgehead atoms. The number of amides is 3. The first kappa shape index (κ1) is 21.8. The number of carbonyl (C=O) groups excluding carboxylic acids is 3. The lowest BCUT2D eigenvalue weighted by molar-refractivity contribution is -0.136. The highest BCUT2D eigenvalue weighted by Gasteiger charge is 2.36. The Balaban J connectivity index is 1.32. The second-order valence-corrected chi connectivity index (χ2v) is 8.61. The molecule has 2 fully saturated rings. The second-order valence-electron chi connectivity index (χ2n) is 8.61. The molecule has 32 heavy (non-hydrogen) atoms. The van der Waals surface area contributed by atoms with Crippen LogP contribution in [-0.4, -0.2) is 59.2 Å². The molecular weight excluding hydrogens is 406 g/mol. The topological polar surface area (TPSA) is 109 Å². The summed E-state index contributed by atoms with van der Waals surface area (Å²) in [4.78, 5) is 45.0. The van der Waals surface area contributed by atoms with Gasteiger partial charge in [0.2, 0.25) is 11.8 Å². The molecule has 3 N–H and O–H groups in total. The number of carbonyl (C=O) groups is 3. The number of anilines is 1. The van der Waals surface area contributed by atoms with E-state index in [1.54, 1.807) is 18.0 Å². The number of hydrogen-bond donors (Lipinski definition) is 2. The molecule has 0 unspecified atom stereocenters. The van der Waals surface area contributed by atoms with Crippen molar-refractivity contribution in [2.45, 2.75) is 31.7 Å². The van der Waals surface area contributed by atoms with Crippen molar-refractivity contribution in [1.82, 2.24) is 20.1 Å². The van der Waals surface area contributed by atoms with Crippen LogP contribution in [0, 0.1) is 5.92 Å². The molecule has 1 aromatic heterocycles. The van der Waals surface area contributed by atoms with Crippen molar-refractivity contribution in [3.05, 3.63) is 59.3 Å². The van der Waals surface area contributed by atoms with Gasteiger partial charge in [0.1, 0.15) is 5.82 Å². The zero-order valence-corrected chi connectivity index (χ0v) is 18.3. The fourth-order valence-corrected chi connectivity index (χ4v) is 4.47. The van der Waals surface area contributed by atoms with E-state index in [-0.39, 0.29) is 35.4 Å². The lowest BCUT2D eigenvalue weighted by atomic mass is 9.91. The molecule has 4 rings (SSSR count). The normalized spacial score (nSPS) is 19.3. The number of piperidine rings is 1. The highest BCUT2D eigenvalue weighted by molar-refractivity contribution is 5.98. The van der Waals surface area contributed by atoms with Gasteiger partial charge in [-0.25, -0.2) is 4.98 Å². The number of nitrogens with two attached hydrogens (primary N) is 1. The van der Waals surface area contributed by atoms with Gasteiger partial charge in [0.05, 0.1) is 11.5 Å². The van der Waals surface area contributed by atoms with Crippen LogP contribution in [0.2, 0.25) is 0 Å². The van der Waals surface area contributed by atoms with E-state index < -0.39 is 0 Å². The second kappa shape index (κ2) is 9.38. The minimum absolute atomic E-state index is 0.0332. The Morgan fingerprint density at radius 1 is 1.12 bits per heavy atom. The van der Waals surface area contributed by atoms with Gasteiger partial charge in [-0.15, -0.1) is 0 Å². The van der Waals surface area contributed by atoms with E-state index in [1.807, 2.05) is 41.3 Å². The number of hydrogen-bond acceptors (Lipinski definition) is 5. The number of benzene rings is 1. The quantitative estimate of drug-likeness (QED) is 0.744. The van der Waals surface area contributed by atoms with Crippen LogP contribution in [0.25, 0.3) is 0 Å². The summed E-state index contributed by atoms with van der Waals surface area (Å²) in [6, 6.07) is 13.3. The van der Waals surface area contributed by atoms with Gasteiger partial charge in [-0.1, -0.05) is 30.3 Å². The van der Waals surface area contributed by atoms with E-state index in [4.69, 9.17) is 5.73 Å². The van der Waals surface area contributed by atoms with Crippen molar-refractivity contribution in [2.24, 2.45) is 5.92 Å². The van der Waals surface area contributed by atoms with Gasteiger partial charge in [0.15, 0.2) is 0 Å². The molecule has 2 saturated heterocycles. The fraction of sp³-hybridized carbons (Fsp3) is 0.417. The summed E-state index contributed by atoms with van der Waals surface area (Å²) in [5.41, 5.74) is 8.34. The molecule has 2 aliphatic heterocycles. The average Bonchev–Trinajstić information content (AvgIpc) is 3.16. The molecule has 3 amide bonds. The lowest BCUT2D eigenvalue weighted by Gasteiger charge is -2.33. The van der Waals surface area contributed by atoms with Crippen molar-refractivity contribution in [1.29, 1.82) is 0 Å². The van der Waals surface area contributed by atoms with E-state index in [0.29, 0.717) is 38.2 Å². The van der Waals surface area contributed by atoms with E-state index in [1.165, 1.54) is 0 Å². The van der Waals surface area contributed by atoms with Crippen molar-refractivity contribution in [3.8, 4) is 0 Å². The van der Waals surface area contributed by atoms with Crippen molar-refractivity contribution < 1.29 is 14.4 Å².